The summed E-state index contributed by atoms with van der Waals surface area (Å²) in [5, 5.41) is 0. The zero-order valence-electron chi connectivity index (χ0n) is 12.8. The first-order chi connectivity index (χ1) is 10.1. The lowest BCUT2D eigenvalue weighted by molar-refractivity contribution is -0.182. The van der Waals surface area contributed by atoms with Crippen LogP contribution in [0.4, 0.5) is 0 Å². The highest BCUT2D eigenvalue weighted by Gasteiger charge is 2.41. The Balaban J connectivity index is 1.60. The molecule has 1 saturated heterocycles. The number of ether oxygens (including phenoxy) is 2. The first-order valence-electron chi connectivity index (χ1n) is 7.77. The molecular formula is C16H23NO3S. The van der Waals surface area contributed by atoms with Gasteiger partial charge in [-0.15, -0.1) is 11.3 Å². The zero-order valence-corrected chi connectivity index (χ0v) is 13.6. The maximum atomic E-state index is 12.6. The van der Waals surface area contributed by atoms with Crippen LogP contribution in [0.25, 0.3) is 0 Å². The Morgan fingerprint density at radius 3 is 2.57 bits per heavy atom. The van der Waals surface area contributed by atoms with Crippen LogP contribution in [-0.4, -0.2) is 42.9 Å². The average Bonchev–Trinajstić information content (AvgIpc) is 3.16. The van der Waals surface area contributed by atoms with Crippen LogP contribution < -0.4 is 0 Å². The summed E-state index contributed by atoms with van der Waals surface area (Å²) in [6, 6.07) is 4.31. The van der Waals surface area contributed by atoms with Gasteiger partial charge in [-0.1, -0.05) is 6.92 Å². The Hall–Kier alpha value is -0.910. The fourth-order valence-corrected chi connectivity index (χ4v) is 4.17. The van der Waals surface area contributed by atoms with Crippen LogP contribution in [0.5, 0.6) is 0 Å². The fraction of sp³-hybridized carbons (Fsp3) is 0.688. The van der Waals surface area contributed by atoms with Gasteiger partial charge in [0.05, 0.1) is 18.1 Å². The number of nitrogens with zero attached hydrogens (tertiary/aromatic N) is 1. The molecule has 5 heteroatoms. The van der Waals surface area contributed by atoms with Crippen molar-refractivity contribution >= 4 is 17.2 Å². The van der Waals surface area contributed by atoms with Crippen molar-refractivity contribution in [2.24, 2.45) is 0 Å². The van der Waals surface area contributed by atoms with Crippen LogP contribution in [0.2, 0.25) is 0 Å². The van der Waals surface area contributed by atoms with Crippen LogP contribution in [0.3, 0.4) is 0 Å². The lowest BCUT2D eigenvalue weighted by atomic mass is 9.89. The Kier molecular flexibility index (Phi) is 4.33. The van der Waals surface area contributed by atoms with Gasteiger partial charge in [0.2, 0.25) is 0 Å². The van der Waals surface area contributed by atoms with E-state index in [1.54, 1.807) is 11.3 Å². The quantitative estimate of drug-likeness (QED) is 0.861. The summed E-state index contributed by atoms with van der Waals surface area (Å²) in [6.45, 7) is 3.52. The Morgan fingerprint density at radius 2 is 2.00 bits per heavy atom. The summed E-state index contributed by atoms with van der Waals surface area (Å²) in [7, 11) is 1.92. The van der Waals surface area contributed by atoms with E-state index in [2.05, 4.69) is 13.0 Å². The van der Waals surface area contributed by atoms with Crippen molar-refractivity contribution < 1.29 is 14.3 Å². The second kappa shape index (κ2) is 6.07. The van der Waals surface area contributed by atoms with Gasteiger partial charge in [0, 0.05) is 30.8 Å². The van der Waals surface area contributed by atoms with Gasteiger partial charge in [0.1, 0.15) is 0 Å². The molecule has 2 fully saturated rings. The van der Waals surface area contributed by atoms with Gasteiger partial charge in [-0.3, -0.25) is 4.79 Å². The molecule has 1 aromatic heterocycles. The Labute approximate surface area is 130 Å². The molecule has 0 bridgehead atoms. The highest BCUT2D eigenvalue weighted by molar-refractivity contribution is 7.14. The molecular weight excluding hydrogens is 286 g/mol. The molecule has 4 nitrogen and oxygen atoms in total. The molecule has 2 aliphatic rings. The van der Waals surface area contributed by atoms with Gasteiger partial charge in [0.15, 0.2) is 5.79 Å². The second-order valence-corrected chi connectivity index (χ2v) is 7.04. The number of aryl methyl sites for hydroxylation is 1. The van der Waals surface area contributed by atoms with E-state index in [1.807, 2.05) is 18.0 Å². The summed E-state index contributed by atoms with van der Waals surface area (Å²) in [4.78, 5) is 16.6. The van der Waals surface area contributed by atoms with Gasteiger partial charge in [0.25, 0.3) is 5.91 Å². The van der Waals surface area contributed by atoms with Gasteiger partial charge in [-0.05, 0) is 31.4 Å². The summed E-state index contributed by atoms with van der Waals surface area (Å²) >= 11 is 1.61. The van der Waals surface area contributed by atoms with E-state index in [1.165, 1.54) is 4.88 Å². The van der Waals surface area contributed by atoms with Crippen molar-refractivity contribution in [2.75, 3.05) is 20.3 Å². The zero-order chi connectivity index (χ0) is 14.9. The minimum atomic E-state index is -0.349. The third kappa shape index (κ3) is 3.00. The number of rotatable bonds is 3. The molecule has 1 amide bonds. The molecule has 0 aromatic carbocycles. The Bertz CT molecular complexity index is 497. The third-order valence-electron chi connectivity index (χ3n) is 4.62. The maximum Gasteiger partial charge on any atom is 0.263 e. The molecule has 2 heterocycles. The molecule has 0 N–H and O–H groups in total. The highest BCUT2D eigenvalue weighted by atomic mass is 32.1. The lowest BCUT2D eigenvalue weighted by Gasteiger charge is -2.38. The van der Waals surface area contributed by atoms with Crippen LogP contribution in [0, 0.1) is 0 Å². The molecule has 21 heavy (non-hydrogen) atoms. The van der Waals surface area contributed by atoms with Crippen molar-refractivity contribution in [1.29, 1.82) is 0 Å². The van der Waals surface area contributed by atoms with Crippen LogP contribution in [0.15, 0.2) is 12.1 Å². The van der Waals surface area contributed by atoms with Crippen LogP contribution >= 0.6 is 11.3 Å². The minimum Gasteiger partial charge on any atom is -0.348 e. The van der Waals surface area contributed by atoms with Crippen molar-refractivity contribution in [3.8, 4) is 0 Å². The first-order valence-corrected chi connectivity index (χ1v) is 8.59. The highest BCUT2D eigenvalue weighted by Crippen LogP contribution is 2.37. The normalized spacial score (nSPS) is 21.8. The summed E-state index contributed by atoms with van der Waals surface area (Å²) in [5.41, 5.74) is 0. The SMILES string of the molecule is CCc1ccc(C(=O)N(C)C2CCC3(CC2)OCCO3)s1. The van der Waals surface area contributed by atoms with E-state index in [0.717, 1.165) is 37.0 Å². The van der Waals surface area contributed by atoms with Gasteiger partial charge in [-0.25, -0.2) is 0 Å². The topological polar surface area (TPSA) is 38.8 Å². The fourth-order valence-electron chi connectivity index (χ4n) is 3.24. The Morgan fingerprint density at radius 1 is 1.33 bits per heavy atom. The molecule has 1 saturated carbocycles. The van der Waals surface area contributed by atoms with Crippen molar-refractivity contribution in [3.63, 3.8) is 0 Å². The number of hydrogen-bond acceptors (Lipinski definition) is 4. The number of thiophene rings is 1. The molecule has 1 aromatic rings. The van der Waals surface area contributed by atoms with Crippen molar-refractivity contribution in [1.82, 2.24) is 4.90 Å². The predicted molar refractivity (Wildman–Crippen MR) is 82.7 cm³/mol. The van der Waals surface area contributed by atoms with Crippen molar-refractivity contribution in [3.05, 3.63) is 21.9 Å². The summed E-state index contributed by atoms with van der Waals surface area (Å²) < 4.78 is 11.5. The minimum absolute atomic E-state index is 0.147. The van der Waals surface area contributed by atoms with E-state index in [-0.39, 0.29) is 11.7 Å². The van der Waals surface area contributed by atoms with Crippen LogP contribution in [-0.2, 0) is 15.9 Å². The predicted octanol–water partition coefficient (Wildman–Crippen LogP) is 3.07. The average molecular weight is 309 g/mol. The first kappa shape index (κ1) is 15.0. The summed E-state index contributed by atoms with van der Waals surface area (Å²) in [6.07, 6.45) is 4.67. The molecule has 1 aliphatic heterocycles. The van der Waals surface area contributed by atoms with Gasteiger partial charge < -0.3 is 14.4 Å². The molecule has 3 rings (SSSR count). The number of carbonyl (C=O) groups excluding carboxylic acids is 1. The molecule has 0 radical (unpaired) electrons. The van der Waals surface area contributed by atoms with Gasteiger partial charge >= 0.3 is 0 Å². The van der Waals surface area contributed by atoms with E-state index in [0.29, 0.717) is 19.3 Å². The largest absolute Gasteiger partial charge is 0.348 e. The standard InChI is InChI=1S/C16H23NO3S/c1-3-13-4-5-14(21-13)15(18)17(2)12-6-8-16(9-7-12)19-10-11-20-16/h4-5,12H,3,6-11H2,1-2H3. The van der Waals surface area contributed by atoms with Gasteiger partial charge in [-0.2, -0.15) is 0 Å². The van der Waals surface area contributed by atoms with E-state index >= 15 is 0 Å². The smallest absolute Gasteiger partial charge is 0.263 e. The maximum absolute atomic E-state index is 12.6. The van der Waals surface area contributed by atoms with E-state index in [4.69, 9.17) is 9.47 Å². The monoisotopic (exact) mass is 309 g/mol. The molecule has 116 valence electrons. The lowest BCUT2D eigenvalue weighted by Crippen LogP contribution is -2.44. The number of amides is 1. The number of hydrogen-bond donors (Lipinski definition) is 0. The summed E-state index contributed by atoms with van der Waals surface area (Å²) in [5.74, 6) is -0.201. The van der Waals surface area contributed by atoms with Crippen LogP contribution in [0.1, 0.15) is 47.2 Å². The molecule has 0 unspecified atom stereocenters. The molecule has 1 aliphatic carbocycles. The second-order valence-electron chi connectivity index (χ2n) is 5.87. The third-order valence-corrected chi connectivity index (χ3v) is 5.84. The number of carbonyl (C=O) groups is 1. The molecule has 0 atom stereocenters. The molecule has 1 spiro atoms. The van der Waals surface area contributed by atoms with Crippen molar-refractivity contribution in [2.45, 2.75) is 50.9 Å². The van der Waals surface area contributed by atoms with E-state index < -0.39 is 0 Å². The van der Waals surface area contributed by atoms with E-state index in [9.17, 15) is 4.79 Å².